The lowest BCUT2D eigenvalue weighted by atomic mass is 10.2. The molecule has 4 nitrogen and oxygen atoms in total. The minimum absolute atomic E-state index is 0.316. The van der Waals surface area contributed by atoms with Gasteiger partial charge in [0.25, 0.3) is 0 Å². The molecule has 1 N–H and O–H groups in total. The third-order valence-corrected chi connectivity index (χ3v) is 4.00. The van der Waals surface area contributed by atoms with E-state index < -0.39 is 9.84 Å². The van der Waals surface area contributed by atoms with Gasteiger partial charge in [0.15, 0.2) is 9.84 Å². The molecular weight excluding hydrogens is 262 g/mol. The van der Waals surface area contributed by atoms with Crippen molar-refractivity contribution in [3.8, 4) is 0 Å². The highest BCUT2D eigenvalue weighted by Crippen LogP contribution is 2.21. The van der Waals surface area contributed by atoms with Crippen LogP contribution in [0, 0.1) is 13.8 Å². The van der Waals surface area contributed by atoms with Gasteiger partial charge >= 0.3 is 0 Å². The SMILES string of the molecule is Cc1ccc(CNc2cc(S(C)(=O)=O)ccc2C)o1. The number of hydrogen-bond acceptors (Lipinski definition) is 4. The Balaban J connectivity index is 2.20. The molecule has 19 heavy (non-hydrogen) atoms. The summed E-state index contributed by atoms with van der Waals surface area (Å²) in [7, 11) is -3.18. The van der Waals surface area contributed by atoms with Crippen molar-refractivity contribution in [2.45, 2.75) is 25.3 Å². The van der Waals surface area contributed by atoms with Gasteiger partial charge in [0.2, 0.25) is 0 Å². The van der Waals surface area contributed by atoms with Gasteiger partial charge in [-0.25, -0.2) is 8.42 Å². The van der Waals surface area contributed by atoms with Crippen molar-refractivity contribution >= 4 is 15.5 Å². The summed E-state index contributed by atoms with van der Waals surface area (Å²) in [5.74, 6) is 1.68. The maximum atomic E-state index is 11.5. The molecule has 0 saturated carbocycles. The Bertz CT molecular complexity index is 686. The highest BCUT2D eigenvalue weighted by atomic mass is 32.2. The van der Waals surface area contributed by atoms with E-state index in [0.717, 1.165) is 22.8 Å². The molecular formula is C14H17NO3S. The average Bonchev–Trinajstić information content (AvgIpc) is 2.72. The predicted octanol–water partition coefficient (Wildman–Crippen LogP) is 2.91. The van der Waals surface area contributed by atoms with Crippen molar-refractivity contribution in [1.82, 2.24) is 0 Å². The van der Waals surface area contributed by atoms with Crippen molar-refractivity contribution in [1.29, 1.82) is 0 Å². The Hall–Kier alpha value is -1.75. The van der Waals surface area contributed by atoms with Crippen molar-refractivity contribution in [2.75, 3.05) is 11.6 Å². The van der Waals surface area contributed by atoms with Gasteiger partial charge in [-0.2, -0.15) is 0 Å². The van der Waals surface area contributed by atoms with E-state index in [-0.39, 0.29) is 0 Å². The van der Waals surface area contributed by atoms with Gasteiger partial charge in [0.05, 0.1) is 11.4 Å². The van der Waals surface area contributed by atoms with Gasteiger partial charge in [0, 0.05) is 11.9 Å². The van der Waals surface area contributed by atoms with Gasteiger partial charge in [-0.1, -0.05) is 6.07 Å². The lowest BCUT2D eigenvalue weighted by molar-refractivity contribution is 0.490. The zero-order chi connectivity index (χ0) is 14.0. The lowest BCUT2D eigenvalue weighted by Gasteiger charge is -2.10. The fourth-order valence-electron chi connectivity index (χ4n) is 1.78. The van der Waals surface area contributed by atoms with Gasteiger partial charge in [0.1, 0.15) is 11.5 Å². The molecule has 1 aromatic carbocycles. The van der Waals surface area contributed by atoms with Crippen molar-refractivity contribution in [3.63, 3.8) is 0 Å². The van der Waals surface area contributed by atoms with Gasteiger partial charge in [-0.05, 0) is 43.7 Å². The maximum Gasteiger partial charge on any atom is 0.175 e. The summed E-state index contributed by atoms with van der Waals surface area (Å²) in [5, 5.41) is 3.20. The Labute approximate surface area is 113 Å². The van der Waals surface area contributed by atoms with E-state index in [1.807, 2.05) is 26.0 Å². The summed E-state index contributed by atoms with van der Waals surface area (Å²) in [6, 6.07) is 8.87. The molecule has 0 amide bonds. The number of furan rings is 1. The molecule has 0 atom stereocenters. The zero-order valence-electron chi connectivity index (χ0n) is 11.2. The largest absolute Gasteiger partial charge is 0.465 e. The van der Waals surface area contributed by atoms with Crippen LogP contribution in [-0.2, 0) is 16.4 Å². The molecule has 0 unspecified atom stereocenters. The molecule has 0 aliphatic rings. The molecule has 0 saturated heterocycles. The van der Waals surface area contributed by atoms with E-state index in [4.69, 9.17) is 4.42 Å². The van der Waals surface area contributed by atoms with E-state index in [1.54, 1.807) is 18.2 Å². The van der Waals surface area contributed by atoms with Gasteiger partial charge in [-0.15, -0.1) is 0 Å². The first kappa shape index (κ1) is 13.7. The minimum Gasteiger partial charge on any atom is -0.465 e. The number of hydrogen-bond donors (Lipinski definition) is 1. The smallest absolute Gasteiger partial charge is 0.175 e. The van der Waals surface area contributed by atoms with Gasteiger partial charge < -0.3 is 9.73 Å². The first-order valence-corrected chi connectivity index (χ1v) is 7.85. The molecule has 0 spiro atoms. The molecule has 0 aliphatic carbocycles. The van der Waals surface area contributed by atoms with E-state index in [2.05, 4.69) is 5.32 Å². The van der Waals surface area contributed by atoms with Crippen molar-refractivity contribution in [2.24, 2.45) is 0 Å². The Kier molecular flexibility index (Phi) is 3.66. The van der Waals surface area contributed by atoms with E-state index in [1.165, 1.54) is 6.26 Å². The fraction of sp³-hybridized carbons (Fsp3) is 0.286. The molecule has 102 valence electrons. The van der Waals surface area contributed by atoms with Crippen LogP contribution in [0.1, 0.15) is 17.1 Å². The topological polar surface area (TPSA) is 59.3 Å². The third kappa shape index (κ3) is 3.38. The molecule has 0 aliphatic heterocycles. The van der Waals surface area contributed by atoms with Crippen molar-refractivity contribution in [3.05, 3.63) is 47.4 Å². The second kappa shape index (κ2) is 5.09. The second-order valence-electron chi connectivity index (χ2n) is 4.61. The van der Waals surface area contributed by atoms with Gasteiger partial charge in [-0.3, -0.25) is 0 Å². The summed E-state index contributed by atoms with van der Waals surface area (Å²) in [6.45, 7) is 4.35. The van der Waals surface area contributed by atoms with E-state index >= 15 is 0 Å². The molecule has 1 aromatic heterocycles. The maximum absolute atomic E-state index is 11.5. The normalized spacial score (nSPS) is 11.5. The molecule has 0 fully saturated rings. The number of nitrogens with one attached hydrogen (secondary N) is 1. The monoisotopic (exact) mass is 279 g/mol. The number of benzene rings is 1. The van der Waals surface area contributed by atoms with Crippen LogP contribution < -0.4 is 5.32 Å². The van der Waals surface area contributed by atoms with Crippen molar-refractivity contribution < 1.29 is 12.8 Å². The summed E-state index contributed by atoms with van der Waals surface area (Å²) in [5.41, 5.74) is 1.80. The van der Waals surface area contributed by atoms with Crippen LogP contribution in [0.25, 0.3) is 0 Å². The zero-order valence-corrected chi connectivity index (χ0v) is 12.0. The highest BCUT2D eigenvalue weighted by molar-refractivity contribution is 7.90. The molecule has 0 radical (unpaired) electrons. The van der Waals surface area contributed by atoms with Crippen LogP contribution in [0.15, 0.2) is 39.6 Å². The molecule has 1 heterocycles. The predicted molar refractivity (Wildman–Crippen MR) is 75.1 cm³/mol. The number of anilines is 1. The number of sulfone groups is 1. The number of rotatable bonds is 4. The summed E-state index contributed by atoms with van der Waals surface area (Å²) in [4.78, 5) is 0.316. The first-order chi connectivity index (χ1) is 8.86. The quantitative estimate of drug-likeness (QED) is 0.935. The molecule has 2 aromatic rings. The van der Waals surface area contributed by atoms with Crippen LogP contribution in [-0.4, -0.2) is 14.7 Å². The lowest BCUT2D eigenvalue weighted by Crippen LogP contribution is -2.03. The van der Waals surface area contributed by atoms with Crippen LogP contribution in [0.2, 0.25) is 0 Å². The van der Waals surface area contributed by atoms with E-state index in [0.29, 0.717) is 11.4 Å². The molecule has 5 heteroatoms. The summed E-state index contributed by atoms with van der Waals surface area (Å²) < 4.78 is 28.5. The van der Waals surface area contributed by atoms with Crippen LogP contribution >= 0.6 is 0 Å². The standard InChI is InChI=1S/C14H17NO3S/c1-10-4-7-13(19(3,16)17)8-14(10)15-9-12-6-5-11(2)18-12/h4-8,15H,9H2,1-3H3. The Morgan fingerprint density at radius 1 is 1.16 bits per heavy atom. The summed E-state index contributed by atoms with van der Waals surface area (Å²) in [6.07, 6.45) is 1.21. The molecule has 0 bridgehead atoms. The Morgan fingerprint density at radius 3 is 2.47 bits per heavy atom. The second-order valence-corrected chi connectivity index (χ2v) is 6.63. The third-order valence-electron chi connectivity index (χ3n) is 2.89. The first-order valence-electron chi connectivity index (χ1n) is 5.96. The average molecular weight is 279 g/mol. The van der Waals surface area contributed by atoms with Crippen LogP contribution in [0.3, 0.4) is 0 Å². The van der Waals surface area contributed by atoms with Crippen LogP contribution in [0.4, 0.5) is 5.69 Å². The molecule has 2 rings (SSSR count). The summed E-state index contributed by atoms with van der Waals surface area (Å²) >= 11 is 0. The minimum atomic E-state index is -3.18. The Morgan fingerprint density at radius 2 is 1.89 bits per heavy atom. The fourth-order valence-corrected chi connectivity index (χ4v) is 2.43. The van der Waals surface area contributed by atoms with Crippen LogP contribution in [0.5, 0.6) is 0 Å². The highest BCUT2D eigenvalue weighted by Gasteiger charge is 2.09. The number of aryl methyl sites for hydroxylation is 2. The van der Waals surface area contributed by atoms with E-state index in [9.17, 15) is 8.42 Å².